The highest BCUT2D eigenvalue weighted by atomic mass is 32.2. The zero-order chi connectivity index (χ0) is 25.3. The van der Waals surface area contributed by atoms with Gasteiger partial charge in [0, 0.05) is 24.5 Å². The number of hydrogen-bond donors (Lipinski definition) is 2. The monoisotopic (exact) mass is 507 g/mol. The van der Waals surface area contributed by atoms with E-state index in [1.807, 2.05) is 17.7 Å². The van der Waals surface area contributed by atoms with Crippen molar-refractivity contribution in [1.82, 2.24) is 30.0 Å². The quantitative estimate of drug-likeness (QED) is 0.381. The van der Waals surface area contributed by atoms with E-state index >= 15 is 0 Å². The highest BCUT2D eigenvalue weighted by Gasteiger charge is 2.31. The first-order valence-corrected chi connectivity index (χ1v) is 12.8. The molecule has 0 bridgehead atoms. The topological polar surface area (TPSA) is 132 Å². The first-order valence-electron chi connectivity index (χ1n) is 11.1. The predicted molar refractivity (Wildman–Crippen MR) is 129 cm³/mol. The van der Waals surface area contributed by atoms with Crippen LogP contribution in [-0.4, -0.2) is 44.8 Å². The smallest absolute Gasteiger partial charge is 0.251 e. The normalized spacial score (nSPS) is 16.2. The van der Waals surface area contributed by atoms with Crippen LogP contribution >= 0.6 is 0 Å². The molecule has 10 nitrogen and oxygen atoms in total. The summed E-state index contributed by atoms with van der Waals surface area (Å²) < 4.78 is 40.4. The summed E-state index contributed by atoms with van der Waals surface area (Å²) in [6.45, 7) is 0.354. The van der Waals surface area contributed by atoms with Gasteiger partial charge in [-0.2, -0.15) is 0 Å². The number of amides is 1. The van der Waals surface area contributed by atoms with Crippen molar-refractivity contribution in [3.05, 3.63) is 83.8 Å². The molecule has 4 aromatic rings. The van der Waals surface area contributed by atoms with Crippen molar-refractivity contribution in [2.24, 2.45) is 7.05 Å². The molecule has 2 aromatic heterocycles. The number of carbonyl (C=O) groups is 1. The van der Waals surface area contributed by atoms with Crippen LogP contribution in [0.3, 0.4) is 0 Å². The lowest BCUT2D eigenvalue weighted by molar-refractivity contribution is 0.0934. The van der Waals surface area contributed by atoms with E-state index < -0.39 is 21.7 Å². The van der Waals surface area contributed by atoms with Gasteiger partial charge in [0.2, 0.25) is 0 Å². The second kappa shape index (κ2) is 9.46. The third kappa shape index (κ3) is 4.67. The van der Waals surface area contributed by atoms with Crippen LogP contribution in [0.5, 0.6) is 0 Å². The number of nitrogens with one attached hydrogen (secondary N) is 2. The molecule has 184 valence electrons. The number of anilines is 1. The van der Waals surface area contributed by atoms with E-state index in [1.54, 1.807) is 30.5 Å². The van der Waals surface area contributed by atoms with Gasteiger partial charge < -0.3 is 15.2 Å². The molecule has 1 unspecified atom stereocenters. The van der Waals surface area contributed by atoms with Crippen molar-refractivity contribution in [3.8, 4) is 11.5 Å². The van der Waals surface area contributed by atoms with Gasteiger partial charge in [-0.1, -0.05) is 6.07 Å². The van der Waals surface area contributed by atoms with E-state index in [2.05, 4.69) is 30.8 Å². The molecule has 0 spiro atoms. The lowest BCUT2D eigenvalue weighted by atomic mass is 10.0. The van der Waals surface area contributed by atoms with Crippen LogP contribution in [0, 0.1) is 5.82 Å². The number of halogens is 1. The molecular formula is C24H22FN7O3S. The number of rotatable bonds is 6. The van der Waals surface area contributed by atoms with Crippen LogP contribution < -0.4 is 10.6 Å². The van der Waals surface area contributed by atoms with Gasteiger partial charge >= 0.3 is 0 Å². The molecule has 5 rings (SSSR count). The summed E-state index contributed by atoms with van der Waals surface area (Å²) in [6.07, 6.45) is 3.25. The molecular weight excluding hydrogens is 485 g/mol. The number of sulfone groups is 1. The lowest BCUT2D eigenvalue weighted by Crippen LogP contribution is -2.34. The summed E-state index contributed by atoms with van der Waals surface area (Å²) in [4.78, 5) is 21.1. The summed E-state index contributed by atoms with van der Waals surface area (Å²) in [5.41, 5.74) is 1.99. The van der Waals surface area contributed by atoms with Crippen molar-refractivity contribution in [3.63, 3.8) is 0 Å². The average molecular weight is 508 g/mol. The maximum atomic E-state index is 13.9. The Kier molecular flexibility index (Phi) is 6.18. The Labute approximate surface area is 206 Å². The van der Waals surface area contributed by atoms with Crippen molar-refractivity contribution in [2.45, 2.75) is 23.9 Å². The second-order valence-electron chi connectivity index (χ2n) is 8.34. The van der Waals surface area contributed by atoms with Crippen LogP contribution in [0.2, 0.25) is 0 Å². The van der Waals surface area contributed by atoms with Gasteiger partial charge in [-0.3, -0.25) is 4.79 Å². The largest absolute Gasteiger partial charge is 0.378 e. The lowest BCUT2D eigenvalue weighted by Gasteiger charge is -2.26. The zero-order valence-corrected chi connectivity index (χ0v) is 20.0. The number of benzene rings is 2. The molecule has 1 aliphatic heterocycles. The minimum atomic E-state index is -3.50. The summed E-state index contributed by atoms with van der Waals surface area (Å²) >= 11 is 0. The van der Waals surface area contributed by atoms with Gasteiger partial charge in [0.25, 0.3) is 5.91 Å². The fraction of sp³-hybridized carbons (Fsp3) is 0.208. The highest BCUT2D eigenvalue weighted by Crippen LogP contribution is 2.33. The Hall–Kier alpha value is -4.19. The zero-order valence-electron chi connectivity index (χ0n) is 19.2. The SMILES string of the molecule is Cn1c(CNc2cccc(C(=O)NC3CCS(=O)(=O)c4ccc(F)cc43)c2)nnc1-c1ccncn1. The van der Waals surface area contributed by atoms with E-state index in [0.717, 1.165) is 6.07 Å². The molecule has 1 atom stereocenters. The molecule has 2 aromatic carbocycles. The fourth-order valence-electron chi connectivity index (χ4n) is 4.12. The molecule has 12 heteroatoms. The van der Waals surface area contributed by atoms with Crippen LogP contribution in [0.15, 0.2) is 66.0 Å². The molecule has 0 fully saturated rings. The van der Waals surface area contributed by atoms with Gasteiger partial charge in [-0.25, -0.2) is 22.8 Å². The van der Waals surface area contributed by atoms with Crippen molar-refractivity contribution < 1.29 is 17.6 Å². The van der Waals surface area contributed by atoms with Crippen LogP contribution in [-0.2, 0) is 23.4 Å². The molecule has 0 saturated carbocycles. The first kappa shape index (κ1) is 23.5. The molecule has 36 heavy (non-hydrogen) atoms. The van der Waals surface area contributed by atoms with Crippen molar-refractivity contribution in [1.29, 1.82) is 0 Å². The predicted octanol–water partition coefficient (Wildman–Crippen LogP) is 2.67. The van der Waals surface area contributed by atoms with E-state index in [4.69, 9.17) is 0 Å². The molecule has 3 heterocycles. The van der Waals surface area contributed by atoms with Crippen LogP contribution in [0.1, 0.15) is 34.2 Å². The Morgan fingerprint density at radius 3 is 2.83 bits per heavy atom. The minimum Gasteiger partial charge on any atom is -0.378 e. The number of nitrogens with zero attached hydrogens (tertiary/aromatic N) is 5. The van der Waals surface area contributed by atoms with Crippen molar-refractivity contribution >= 4 is 21.4 Å². The highest BCUT2D eigenvalue weighted by molar-refractivity contribution is 7.91. The molecule has 1 amide bonds. The third-order valence-corrected chi connectivity index (χ3v) is 7.83. The maximum absolute atomic E-state index is 13.9. The number of fused-ring (bicyclic) bond motifs is 1. The average Bonchev–Trinajstić information content (AvgIpc) is 3.25. The Morgan fingerprint density at radius 1 is 1.17 bits per heavy atom. The summed E-state index contributed by atoms with van der Waals surface area (Å²) in [5.74, 6) is 0.215. The number of aromatic nitrogens is 5. The van der Waals surface area contributed by atoms with Crippen LogP contribution in [0.25, 0.3) is 11.5 Å². The Bertz CT molecular complexity index is 1540. The minimum absolute atomic E-state index is 0.0564. The Balaban J connectivity index is 1.29. The summed E-state index contributed by atoms with van der Waals surface area (Å²) in [6, 6.07) is 11.6. The fourth-order valence-corrected chi connectivity index (χ4v) is 5.72. The number of hydrogen-bond acceptors (Lipinski definition) is 8. The van der Waals surface area contributed by atoms with Crippen molar-refractivity contribution in [2.75, 3.05) is 11.1 Å². The molecule has 0 saturated heterocycles. The van der Waals surface area contributed by atoms with E-state index in [9.17, 15) is 17.6 Å². The molecule has 0 aliphatic carbocycles. The standard InChI is InChI=1S/C24H22FN7O3S/c1-32-22(30-31-23(32)20-7-9-26-14-28-20)13-27-17-4-2-3-15(11-17)24(33)29-19-8-10-36(34,35)21-6-5-16(25)12-18(19)21/h2-7,9,11-12,14,19,27H,8,10,13H2,1H3,(H,29,33). The van der Waals surface area contributed by atoms with Gasteiger partial charge in [-0.05, 0) is 54.4 Å². The third-order valence-electron chi connectivity index (χ3n) is 6.01. The van der Waals surface area contributed by atoms with Gasteiger partial charge in [0.15, 0.2) is 21.5 Å². The van der Waals surface area contributed by atoms with E-state index in [1.165, 1.54) is 18.5 Å². The van der Waals surface area contributed by atoms with Gasteiger partial charge in [0.05, 0.1) is 23.2 Å². The van der Waals surface area contributed by atoms with Crippen LogP contribution in [0.4, 0.5) is 10.1 Å². The second-order valence-corrected chi connectivity index (χ2v) is 10.4. The maximum Gasteiger partial charge on any atom is 0.251 e. The molecule has 0 radical (unpaired) electrons. The molecule has 1 aliphatic rings. The van der Waals surface area contributed by atoms with E-state index in [0.29, 0.717) is 35.1 Å². The summed E-state index contributed by atoms with van der Waals surface area (Å²) in [7, 11) is -1.66. The number of carbonyl (C=O) groups excluding carboxylic acids is 1. The van der Waals surface area contributed by atoms with E-state index in [-0.39, 0.29) is 28.5 Å². The molecule has 2 N–H and O–H groups in total. The van der Waals surface area contributed by atoms with Gasteiger partial charge in [0.1, 0.15) is 17.8 Å². The first-order chi connectivity index (χ1) is 17.3. The van der Waals surface area contributed by atoms with Gasteiger partial charge in [-0.15, -0.1) is 10.2 Å². The summed E-state index contributed by atoms with van der Waals surface area (Å²) in [5, 5.41) is 14.5. The Morgan fingerprint density at radius 2 is 2.03 bits per heavy atom.